The molecule has 7 heteroatoms. The van der Waals surface area contributed by atoms with Crippen molar-refractivity contribution in [2.45, 2.75) is 12.8 Å². The molecule has 2 amide bonds. The molecule has 0 saturated heterocycles. The molecule has 0 heterocycles. The monoisotopic (exact) mass is 335 g/mol. The van der Waals surface area contributed by atoms with Gasteiger partial charge in [0.25, 0.3) is 0 Å². The Kier molecular flexibility index (Phi) is 5.66. The smallest absolute Gasteiger partial charge is 0.240 e. The van der Waals surface area contributed by atoms with E-state index in [0.717, 1.165) is 6.54 Å². The van der Waals surface area contributed by atoms with Crippen LogP contribution in [0.2, 0.25) is 0 Å². The van der Waals surface area contributed by atoms with Gasteiger partial charge in [-0.05, 0) is 39.1 Å². The van der Waals surface area contributed by atoms with Crippen LogP contribution in [0.1, 0.15) is 12.8 Å². The number of likely N-dealkylation sites (N-methyl/N-ethyl adjacent to an activating group) is 1. The van der Waals surface area contributed by atoms with Gasteiger partial charge in [-0.25, -0.2) is 0 Å². The van der Waals surface area contributed by atoms with Crippen molar-refractivity contribution in [3.8, 4) is 11.5 Å². The van der Waals surface area contributed by atoms with Crippen LogP contribution in [-0.4, -0.2) is 58.1 Å². The average Bonchev–Trinajstić information content (AvgIpc) is 3.36. The zero-order valence-electron chi connectivity index (χ0n) is 14.6. The number of hydrogen-bond donors (Lipinski definition) is 2. The van der Waals surface area contributed by atoms with E-state index in [-0.39, 0.29) is 11.8 Å². The van der Waals surface area contributed by atoms with Crippen molar-refractivity contribution in [1.29, 1.82) is 0 Å². The summed E-state index contributed by atoms with van der Waals surface area (Å²) in [6.45, 7) is 1.26. The van der Waals surface area contributed by atoms with E-state index in [9.17, 15) is 9.59 Å². The lowest BCUT2D eigenvalue weighted by molar-refractivity contribution is -0.134. The fourth-order valence-corrected chi connectivity index (χ4v) is 2.41. The topological polar surface area (TPSA) is 79.9 Å². The summed E-state index contributed by atoms with van der Waals surface area (Å²) in [6.07, 6.45) is 1.14. The van der Waals surface area contributed by atoms with Gasteiger partial charge in [0.2, 0.25) is 11.8 Å². The van der Waals surface area contributed by atoms with Gasteiger partial charge in [0.1, 0.15) is 5.41 Å². The Morgan fingerprint density at radius 2 is 1.79 bits per heavy atom. The molecule has 1 aromatic carbocycles. The Bertz CT molecular complexity index is 612. The Hall–Kier alpha value is -2.28. The van der Waals surface area contributed by atoms with Crippen LogP contribution < -0.4 is 20.1 Å². The maximum Gasteiger partial charge on any atom is 0.240 e. The van der Waals surface area contributed by atoms with Gasteiger partial charge in [0.15, 0.2) is 11.5 Å². The minimum atomic E-state index is -0.945. The molecule has 24 heavy (non-hydrogen) atoms. The summed E-state index contributed by atoms with van der Waals surface area (Å²) in [5, 5.41) is 5.64. The summed E-state index contributed by atoms with van der Waals surface area (Å²) in [7, 11) is 6.95. The summed E-state index contributed by atoms with van der Waals surface area (Å²) in [4.78, 5) is 26.8. The van der Waals surface area contributed by atoms with Crippen molar-refractivity contribution in [1.82, 2.24) is 10.2 Å². The second-order valence-corrected chi connectivity index (χ2v) is 6.17. The van der Waals surface area contributed by atoms with Gasteiger partial charge < -0.3 is 25.0 Å². The van der Waals surface area contributed by atoms with E-state index >= 15 is 0 Å². The lowest BCUT2D eigenvalue weighted by atomic mass is 10.0. The van der Waals surface area contributed by atoms with Crippen LogP contribution in [0.15, 0.2) is 18.2 Å². The summed E-state index contributed by atoms with van der Waals surface area (Å²) in [6, 6.07) is 5.11. The van der Waals surface area contributed by atoms with E-state index in [0.29, 0.717) is 36.6 Å². The van der Waals surface area contributed by atoms with Gasteiger partial charge in [0, 0.05) is 24.8 Å². The quantitative estimate of drug-likeness (QED) is 0.696. The molecule has 1 saturated carbocycles. The highest BCUT2D eigenvalue weighted by atomic mass is 16.5. The maximum absolute atomic E-state index is 12.5. The molecule has 1 fully saturated rings. The second kappa shape index (κ2) is 7.53. The molecule has 1 aliphatic rings. The number of ether oxygens (including phenoxy) is 2. The molecule has 2 rings (SSSR count). The van der Waals surface area contributed by atoms with Crippen LogP contribution in [-0.2, 0) is 9.59 Å². The van der Waals surface area contributed by atoms with Crippen molar-refractivity contribution in [3.63, 3.8) is 0 Å². The van der Waals surface area contributed by atoms with E-state index < -0.39 is 5.41 Å². The van der Waals surface area contributed by atoms with Crippen molar-refractivity contribution < 1.29 is 19.1 Å². The van der Waals surface area contributed by atoms with Crippen molar-refractivity contribution in [2.75, 3.05) is 46.7 Å². The first-order valence-electron chi connectivity index (χ1n) is 7.89. The predicted octanol–water partition coefficient (Wildman–Crippen LogP) is 1.10. The lowest BCUT2D eigenvalue weighted by Crippen LogP contribution is -2.42. The minimum absolute atomic E-state index is 0.206. The number of benzene rings is 1. The third-order valence-electron chi connectivity index (χ3n) is 4.11. The molecule has 7 nitrogen and oxygen atoms in total. The first-order valence-corrected chi connectivity index (χ1v) is 7.89. The second-order valence-electron chi connectivity index (χ2n) is 6.17. The van der Waals surface area contributed by atoms with E-state index in [4.69, 9.17) is 9.47 Å². The molecule has 1 aliphatic carbocycles. The molecule has 2 N–H and O–H groups in total. The zero-order valence-corrected chi connectivity index (χ0v) is 14.6. The highest BCUT2D eigenvalue weighted by Crippen LogP contribution is 2.47. The summed E-state index contributed by atoms with van der Waals surface area (Å²) >= 11 is 0. The Morgan fingerprint density at radius 3 is 2.33 bits per heavy atom. The SMILES string of the molecule is COc1ccc(NC(=O)C2(C(=O)NCCN(C)C)CC2)cc1OC. The van der Waals surface area contributed by atoms with E-state index in [1.807, 2.05) is 19.0 Å². The number of rotatable bonds is 8. The van der Waals surface area contributed by atoms with Crippen LogP contribution in [0.25, 0.3) is 0 Å². The van der Waals surface area contributed by atoms with Gasteiger partial charge in [-0.2, -0.15) is 0 Å². The molecule has 0 aromatic heterocycles. The van der Waals surface area contributed by atoms with Gasteiger partial charge in [0.05, 0.1) is 14.2 Å². The van der Waals surface area contributed by atoms with E-state index in [1.165, 1.54) is 7.11 Å². The highest BCUT2D eigenvalue weighted by molar-refractivity contribution is 6.13. The van der Waals surface area contributed by atoms with Crippen LogP contribution in [0.5, 0.6) is 11.5 Å². The van der Waals surface area contributed by atoms with Crippen molar-refractivity contribution in [3.05, 3.63) is 18.2 Å². The van der Waals surface area contributed by atoms with Gasteiger partial charge in [-0.15, -0.1) is 0 Å². The number of carbonyl (C=O) groups is 2. The molecule has 1 aromatic rings. The van der Waals surface area contributed by atoms with Crippen LogP contribution in [0, 0.1) is 5.41 Å². The number of nitrogens with one attached hydrogen (secondary N) is 2. The Morgan fingerprint density at radius 1 is 1.12 bits per heavy atom. The molecule has 132 valence electrons. The molecule has 0 aliphatic heterocycles. The summed E-state index contributed by atoms with van der Waals surface area (Å²) < 4.78 is 10.4. The molecule has 0 spiro atoms. The molecular formula is C17H25N3O4. The van der Waals surface area contributed by atoms with E-state index in [1.54, 1.807) is 25.3 Å². The number of hydrogen-bond acceptors (Lipinski definition) is 5. The molecule has 0 atom stereocenters. The Labute approximate surface area is 142 Å². The maximum atomic E-state index is 12.5. The fraction of sp³-hybridized carbons (Fsp3) is 0.529. The molecule has 0 unspecified atom stereocenters. The fourth-order valence-electron chi connectivity index (χ4n) is 2.41. The Balaban J connectivity index is 2.00. The highest BCUT2D eigenvalue weighted by Gasteiger charge is 2.56. The zero-order chi connectivity index (χ0) is 17.7. The van der Waals surface area contributed by atoms with Crippen molar-refractivity contribution in [2.24, 2.45) is 5.41 Å². The van der Waals surface area contributed by atoms with Gasteiger partial charge >= 0.3 is 0 Å². The standard InChI is InChI=1S/C17H25N3O4/c1-20(2)10-9-18-15(21)17(7-8-17)16(22)19-12-5-6-13(23-3)14(11-12)24-4/h5-6,11H,7-10H2,1-4H3,(H,18,21)(H,19,22). The number of amides is 2. The lowest BCUT2D eigenvalue weighted by Gasteiger charge is -2.17. The van der Waals surface area contributed by atoms with Gasteiger partial charge in [-0.1, -0.05) is 0 Å². The van der Waals surface area contributed by atoms with Gasteiger partial charge in [-0.3, -0.25) is 9.59 Å². The van der Waals surface area contributed by atoms with E-state index in [2.05, 4.69) is 10.6 Å². The molecule has 0 bridgehead atoms. The normalized spacial score (nSPS) is 14.9. The number of carbonyl (C=O) groups excluding carboxylic acids is 2. The largest absolute Gasteiger partial charge is 0.493 e. The summed E-state index contributed by atoms with van der Waals surface area (Å²) in [5.41, 5.74) is -0.371. The molecular weight excluding hydrogens is 310 g/mol. The number of anilines is 1. The third-order valence-corrected chi connectivity index (χ3v) is 4.11. The van der Waals surface area contributed by atoms with Crippen LogP contribution in [0.4, 0.5) is 5.69 Å². The van der Waals surface area contributed by atoms with Crippen molar-refractivity contribution >= 4 is 17.5 Å². The first-order chi connectivity index (χ1) is 11.4. The average molecular weight is 335 g/mol. The first kappa shape index (κ1) is 18.1. The number of nitrogens with zero attached hydrogens (tertiary/aromatic N) is 1. The minimum Gasteiger partial charge on any atom is -0.493 e. The number of methoxy groups -OCH3 is 2. The predicted molar refractivity (Wildman–Crippen MR) is 91.4 cm³/mol. The van der Waals surface area contributed by atoms with Crippen LogP contribution >= 0.6 is 0 Å². The summed E-state index contributed by atoms with van der Waals surface area (Å²) in [5.74, 6) is 0.619. The molecule has 0 radical (unpaired) electrons. The van der Waals surface area contributed by atoms with Crippen LogP contribution in [0.3, 0.4) is 0 Å². The third kappa shape index (κ3) is 3.97.